The van der Waals surface area contributed by atoms with Crippen LogP contribution in [-0.4, -0.2) is 19.5 Å². The predicted molar refractivity (Wildman–Crippen MR) is 51.2 cm³/mol. The van der Waals surface area contributed by atoms with Crippen LogP contribution >= 0.6 is 0 Å². The zero-order valence-corrected chi connectivity index (χ0v) is 8.64. The van der Waals surface area contributed by atoms with Crippen molar-refractivity contribution >= 4 is 0 Å². The zero-order chi connectivity index (χ0) is 9.23. The molecule has 1 saturated carbocycles. The smallest absolute Gasteiger partial charge is 0.154 e. The van der Waals surface area contributed by atoms with E-state index in [9.17, 15) is 0 Å². The predicted octanol–water partition coefficient (Wildman–Crippen LogP) is 2.97. The van der Waals surface area contributed by atoms with Crippen molar-refractivity contribution in [3.8, 4) is 0 Å². The Bertz CT molecular complexity index is 69.9. The molecule has 0 aliphatic heterocycles. The van der Waals surface area contributed by atoms with E-state index in [-0.39, 0.29) is 6.29 Å². The molecule has 74 valence electrons. The molecule has 1 rings (SSSR count). The van der Waals surface area contributed by atoms with Gasteiger partial charge < -0.3 is 9.47 Å². The third-order valence-electron chi connectivity index (χ3n) is 1.80. The van der Waals surface area contributed by atoms with Gasteiger partial charge in [-0.25, -0.2) is 0 Å². The third kappa shape index (κ3) is 8.02. The van der Waals surface area contributed by atoms with Crippen molar-refractivity contribution in [2.24, 2.45) is 0 Å². The molecular formula is C10H22O2. The van der Waals surface area contributed by atoms with E-state index in [0.29, 0.717) is 0 Å². The Morgan fingerprint density at radius 3 is 1.42 bits per heavy atom. The van der Waals surface area contributed by atoms with Gasteiger partial charge in [0.05, 0.1) is 0 Å². The highest BCUT2D eigenvalue weighted by Crippen LogP contribution is 2.15. The quantitative estimate of drug-likeness (QED) is 0.610. The third-order valence-corrected chi connectivity index (χ3v) is 1.80. The van der Waals surface area contributed by atoms with Gasteiger partial charge in [0.25, 0.3) is 0 Å². The molecule has 0 aromatic rings. The Balaban J connectivity index is 0.000000247. The molecule has 12 heavy (non-hydrogen) atoms. The lowest BCUT2D eigenvalue weighted by atomic mass is 10.0. The molecule has 1 aliphatic rings. The maximum absolute atomic E-state index is 5.06. The van der Waals surface area contributed by atoms with Crippen molar-refractivity contribution in [2.45, 2.75) is 52.7 Å². The van der Waals surface area contributed by atoms with E-state index in [1.807, 2.05) is 20.8 Å². The average molecular weight is 174 g/mol. The van der Waals surface area contributed by atoms with Crippen LogP contribution < -0.4 is 0 Å². The lowest BCUT2D eigenvalue weighted by Crippen LogP contribution is -2.11. The second-order valence-corrected chi connectivity index (χ2v) is 2.89. The fourth-order valence-electron chi connectivity index (χ4n) is 0.768. The highest BCUT2D eigenvalue weighted by molar-refractivity contribution is 4.50. The molecule has 0 N–H and O–H groups in total. The Morgan fingerprint density at radius 2 is 1.25 bits per heavy atom. The van der Waals surface area contributed by atoms with Gasteiger partial charge in [0, 0.05) is 13.2 Å². The van der Waals surface area contributed by atoms with Gasteiger partial charge in [0.15, 0.2) is 6.29 Å². The highest BCUT2D eigenvalue weighted by Gasteiger charge is 1.95. The molecule has 0 amide bonds. The summed E-state index contributed by atoms with van der Waals surface area (Å²) in [5, 5.41) is 0. The second-order valence-electron chi connectivity index (χ2n) is 2.89. The minimum absolute atomic E-state index is 0.0370. The first kappa shape index (κ1) is 11.9. The van der Waals surface area contributed by atoms with E-state index in [4.69, 9.17) is 9.47 Å². The standard InChI is InChI=1S/C6H14O2.C4H8/c1-4-7-6(3)8-5-2;1-2-4-3-1/h6H,4-5H2,1-3H3;1-4H2. The number of hydrogen-bond donors (Lipinski definition) is 0. The van der Waals surface area contributed by atoms with Crippen LogP contribution in [0.3, 0.4) is 0 Å². The maximum atomic E-state index is 5.06. The first-order chi connectivity index (χ1) is 5.81. The molecule has 0 aromatic heterocycles. The summed E-state index contributed by atoms with van der Waals surface area (Å²) < 4.78 is 10.1. The molecule has 0 radical (unpaired) electrons. The normalized spacial score (nSPS) is 15.0. The van der Waals surface area contributed by atoms with E-state index < -0.39 is 0 Å². The van der Waals surface area contributed by atoms with E-state index in [2.05, 4.69) is 0 Å². The summed E-state index contributed by atoms with van der Waals surface area (Å²) in [6, 6.07) is 0. The molecule has 0 atom stereocenters. The van der Waals surface area contributed by atoms with Gasteiger partial charge >= 0.3 is 0 Å². The van der Waals surface area contributed by atoms with E-state index >= 15 is 0 Å². The molecule has 2 nitrogen and oxygen atoms in total. The van der Waals surface area contributed by atoms with Crippen LogP contribution in [0.5, 0.6) is 0 Å². The summed E-state index contributed by atoms with van der Waals surface area (Å²) in [6.45, 7) is 7.25. The summed E-state index contributed by atoms with van der Waals surface area (Å²) in [5.41, 5.74) is 0. The minimum Gasteiger partial charge on any atom is -0.353 e. The molecule has 0 bridgehead atoms. The Labute approximate surface area is 76.3 Å². The van der Waals surface area contributed by atoms with Gasteiger partial charge in [-0.2, -0.15) is 0 Å². The van der Waals surface area contributed by atoms with Gasteiger partial charge in [0.2, 0.25) is 0 Å². The van der Waals surface area contributed by atoms with Crippen LogP contribution in [0.15, 0.2) is 0 Å². The van der Waals surface area contributed by atoms with Crippen molar-refractivity contribution in [2.75, 3.05) is 13.2 Å². The van der Waals surface area contributed by atoms with Crippen LogP contribution in [0, 0.1) is 0 Å². The Hall–Kier alpha value is -0.0800. The van der Waals surface area contributed by atoms with Gasteiger partial charge in [-0.05, 0) is 20.8 Å². The number of ether oxygens (including phenoxy) is 2. The molecule has 0 unspecified atom stereocenters. The first-order valence-corrected chi connectivity index (χ1v) is 5.04. The number of hydrogen-bond acceptors (Lipinski definition) is 2. The zero-order valence-electron chi connectivity index (χ0n) is 8.64. The molecule has 1 aliphatic carbocycles. The molecular weight excluding hydrogens is 152 g/mol. The van der Waals surface area contributed by atoms with Crippen molar-refractivity contribution in [3.63, 3.8) is 0 Å². The summed E-state index contributed by atoms with van der Waals surface area (Å²) in [4.78, 5) is 0. The van der Waals surface area contributed by atoms with Gasteiger partial charge in [-0.15, -0.1) is 0 Å². The molecule has 0 aromatic carbocycles. The van der Waals surface area contributed by atoms with E-state index in [1.165, 1.54) is 25.7 Å². The van der Waals surface area contributed by atoms with Crippen LogP contribution in [0.25, 0.3) is 0 Å². The monoisotopic (exact) mass is 174 g/mol. The molecule has 0 heterocycles. The lowest BCUT2D eigenvalue weighted by molar-refractivity contribution is -0.123. The topological polar surface area (TPSA) is 18.5 Å². The first-order valence-electron chi connectivity index (χ1n) is 5.04. The molecule has 2 heteroatoms. The SMILES string of the molecule is C1CCC1.CCOC(C)OCC. The largest absolute Gasteiger partial charge is 0.353 e. The fraction of sp³-hybridized carbons (Fsp3) is 1.00. The summed E-state index contributed by atoms with van der Waals surface area (Å²) >= 11 is 0. The van der Waals surface area contributed by atoms with Crippen molar-refractivity contribution < 1.29 is 9.47 Å². The molecule has 0 saturated heterocycles. The van der Waals surface area contributed by atoms with Crippen molar-refractivity contribution in [1.29, 1.82) is 0 Å². The van der Waals surface area contributed by atoms with Crippen LogP contribution in [0.1, 0.15) is 46.5 Å². The molecule has 1 fully saturated rings. The maximum Gasteiger partial charge on any atom is 0.154 e. The van der Waals surface area contributed by atoms with Gasteiger partial charge in [-0.3, -0.25) is 0 Å². The summed E-state index contributed by atoms with van der Waals surface area (Å²) in [5.74, 6) is 0. The van der Waals surface area contributed by atoms with E-state index in [0.717, 1.165) is 13.2 Å². The van der Waals surface area contributed by atoms with Crippen LogP contribution in [0.4, 0.5) is 0 Å². The fourth-order valence-corrected chi connectivity index (χ4v) is 0.768. The highest BCUT2D eigenvalue weighted by atomic mass is 16.7. The van der Waals surface area contributed by atoms with Crippen LogP contribution in [-0.2, 0) is 9.47 Å². The van der Waals surface area contributed by atoms with Crippen molar-refractivity contribution in [1.82, 2.24) is 0 Å². The van der Waals surface area contributed by atoms with Crippen molar-refractivity contribution in [3.05, 3.63) is 0 Å². The molecule has 0 spiro atoms. The second kappa shape index (κ2) is 9.01. The van der Waals surface area contributed by atoms with E-state index in [1.54, 1.807) is 0 Å². The minimum atomic E-state index is -0.0370. The Kier molecular flexibility index (Phi) is 8.95. The Morgan fingerprint density at radius 1 is 0.917 bits per heavy atom. The lowest BCUT2D eigenvalue weighted by Gasteiger charge is -2.09. The van der Waals surface area contributed by atoms with Gasteiger partial charge in [0.1, 0.15) is 0 Å². The summed E-state index contributed by atoms with van der Waals surface area (Å²) in [7, 11) is 0. The summed E-state index contributed by atoms with van der Waals surface area (Å²) in [6.07, 6.45) is 5.96. The average Bonchev–Trinajstić information content (AvgIpc) is 1.84. The van der Waals surface area contributed by atoms with Gasteiger partial charge in [-0.1, -0.05) is 25.7 Å². The van der Waals surface area contributed by atoms with Crippen LogP contribution in [0.2, 0.25) is 0 Å². The number of rotatable bonds is 4.